The maximum Gasteiger partial charge on any atom is 0.135 e. The van der Waals surface area contributed by atoms with Crippen LogP contribution < -0.4 is 4.74 Å². The molecule has 0 atom stereocenters. The Morgan fingerprint density at radius 2 is 2.21 bits per heavy atom. The highest BCUT2D eigenvalue weighted by Gasteiger charge is 2.14. The number of thiophene rings is 1. The zero-order valence-corrected chi connectivity index (χ0v) is 11.6. The number of methoxy groups -OCH3 is 1. The molecule has 0 amide bonds. The van der Waals surface area contributed by atoms with Crippen LogP contribution in [0, 0.1) is 17.1 Å². The zero-order valence-electron chi connectivity index (χ0n) is 9.98. The summed E-state index contributed by atoms with van der Waals surface area (Å²) in [5.41, 5.74) is 0.452. The SMILES string of the molecule is COc1ccc(/C(Cl)=C(/C#N)c2cccs2)c(F)c1. The van der Waals surface area contributed by atoms with E-state index in [2.05, 4.69) is 0 Å². The molecule has 0 unspecified atom stereocenters. The number of nitriles is 1. The van der Waals surface area contributed by atoms with Crippen molar-refractivity contribution in [1.82, 2.24) is 0 Å². The molecule has 1 aromatic heterocycles. The molecule has 0 saturated heterocycles. The highest BCUT2D eigenvalue weighted by atomic mass is 35.5. The predicted molar refractivity (Wildman–Crippen MR) is 75.6 cm³/mol. The summed E-state index contributed by atoms with van der Waals surface area (Å²) in [6.07, 6.45) is 0. The van der Waals surface area contributed by atoms with Crippen LogP contribution in [0.25, 0.3) is 10.6 Å². The second-order valence-electron chi connectivity index (χ2n) is 3.62. The van der Waals surface area contributed by atoms with Gasteiger partial charge in [0.1, 0.15) is 17.6 Å². The second kappa shape index (κ2) is 5.87. The van der Waals surface area contributed by atoms with Gasteiger partial charge < -0.3 is 4.74 Å². The lowest BCUT2D eigenvalue weighted by Crippen LogP contribution is -1.91. The summed E-state index contributed by atoms with van der Waals surface area (Å²) in [4.78, 5) is 0.711. The molecule has 19 heavy (non-hydrogen) atoms. The molecule has 2 rings (SSSR count). The van der Waals surface area contributed by atoms with Gasteiger partial charge in [-0.1, -0.05) is 17.7 Å². The van der Waals surface area contributed by atoms with Crippen LogP contribution in [0.5, 0.6) is 5.75 Å². The van der Waals surface area contributed by atoms with Gasteiger partial charge in [-0.2, -0.15) is 5.26 Å². The molecule has 0 saturated carbocycles. The lowest BCUT2D eigenvalue weighted by atomic mass is 10.1. The highest BCUT2D eigenvalue weighted by molar-refractivity contribution is 7.11. The molecular weight excluding hydrogens is 285 g/mol. The van der Waals surface area contributed by atoms with E-state index in [4.69, 9.17) is 16.3 Å². The topological polar surface area (TPSA) is 33.0 Å². The van der Waals surface area contributed by atoms with Crippen LogP contribution in [0.15, 0.2) is 35.7 Å². The number of rotatable bonds is 3. The van der Waals surface area contributed by atoms with Gasteiger partial charge in [-0.15, -0.1) is 11.3 Å². The van der Waals surface area contributed by atoms with Gasteiger partial charge in [-0.3, -0.25) is 0 Å². The number of hydrogen-bond acceptors (Lipinski definition) is 3. The standard InChI is InChI=1S/C14H9ClFNOS/c1-18-9-4-5-10(12(16)7-9)14(15)11(8-17)13-3-2-6-19-13/h2-7H,1H3/b14-11+. The Kier molecular flexibility index (Phi) is 4.20. The normalized spacial score (nSPS) is 11.7. The summed E-state index contributed by atoms with van der Waals surface area (Å²) in [7, 11) is 1.46. The van der Waals surface area contributed by atoms with Gasteiger partial charge >= 0.3 is 0 Å². The third kappa shape index (κ3) is 2.78. The molecule has 0 aliphatic heterocycles. The van der Waals surface area contributed by atoms with E-state index < -0.39 is 5.82 Å². The molecule has 1 aromatic carbocycles. The van der Waals surface area contributed by atoms with Gasteiger partial charge in [0.05, 0.1) is 17.7 Å². The summed E-state index contributed by atoms with van der Waals surface area (Å²) in [6, 6.07) is 9.94. The molecule has 0 bridgehead atoms. The maximum atomic E-state index is 13.9. The Morgan fingerprint density at radius 1 is 1.42 bits per heavy atom. The Balaban J connectivity index is 2.54. The van der Waals surface area contributed by atoms with E-state index in [1.807, 2.05) is 17.5 Å². The average molecular weight is 294 g/mol. The third-order valence-electron chi connectivity index (χ3n) is 2.51. The van der Waals surface area contributed by atoms with Crippen LogP contribution in [-0.4, -0.2) is 7.11 Å². The van der Waals surface area contributed by atoms with Gasteiger partial charge in [0.2, 0.25) is 0 Å². The highest BCUT2D eigenvalue weighted by Crippen LogP contribution is 2.33. The van der Waals surface area contributed by atoms with Crippen LogP contribution in [0.1, 0.15) is 10.4 Å². The smallest absolute Gasteiger partial charge is 0.135 e. The molecule has 5 heteroatoms. The van der Waals surface area contributed by atoms with Crippen molar-refractivity contribution in [3.05, 3.63) is 52.0 Å². The van der Waals surface area contributed by atoms with Gasteiger partial charge in [-0.25, -0.2) is 4.39 Å². The molecule has 0 radical (unpaired) electrons. The van der Waals surface area contributed by atoms with E-state index in [0.29, 0.717) is 10.6 Å². The van der Waals surface area contributed by atoms with Crippen molar-refractivity contribution < 1.29 is 9.13 Å². The van der Waals surface area contributed by atoms with Crippen molar-refractivity contribution in [3.8, 4) is 11.8 Å². The van der Waals surface area contributed by atoms with Crippen LogP contribution in [-0.2, 0) is 0 Å². The molecule has 2 nitrogen and oxygen atoms in total. The summed E-state index contributed by atoms with van der Waals surface area (Å²) in [5, 5.41) is 11.1. The van der Waals surface area contributed by atoms with Gasteiger partial charge in [0.25, 0.3) is 0 Å². The van der Waals surface area contributed by atoms with E-state index in [1.165, 1.54) is 30.6 Å². The fourth-order valence-corrected chi connectivity index (χ4v) is 2.65. The molecule has 0 spiro atoms. The van der Waals surface area contributed by atoms with E-state index in [9.17, 15) is 9.65 Å². The van der Waals surface area contributed by atoms with Crippen LogP contribution in [0.2, 0.25) is 0 Å². The predicted octanol–water partition coefficient (Wildman–Crippen LogP) is 4.53. The number of nitrogens with zero attached hydrogens (tertiary/aromatic N) is 1. The molecule has 0 N–H and O–H groups in total. The molecule has 96 valence electrons. The first-order valence-electron chi connectivity index (χ1n) is 5.35. The van der Waals surface area contributed by atoms with Crippen molar-refractivity contribution in [1.29, 1.82) is 5.26 Å². The first-order valence-corrected chi connectivity index (χ1v) is 6.60. The second-order valence-corrected chi connectivity index (χ2v) is 4.95. The number of benzene rings is 1. The summed E-state index contributed by atoms with van der Waals surface area (Å²) in [6.45, 7) is 0. The lowest BCUT2D eigenvalue weighted by Gasteiger charge is -2.06. The van der Waals surface area contributed by atoms with Crippen molar-refractivity contribution in [3.63, 3.8) is 0 Å². The molecule has 0 fully saturated rings. The van der Waals surface area contributed by atoms with Crippen molar-refractivity contribution >= 4 is 33.5 Å². The Morgan fingerprint density at radius 3 is 2.74 bits per heavy atom. The summed E-state index contributed by atoms with van der Waals surface area (Å²) in [5.74, 6) is -0.117. The molecule has 0 aliphatic carbocycles. The molecular formula is C14H9ClFNOS. The fourth-order valence-electron chi connectivity index (χ4n) is 1.57. The van der Waals surface area contributed by atoms with Crippen LogP contribution in [0.3, 0.4) is 0 Å². The minimum atomic E-state index is -0.520. The number of ether oxygens (including phenoxy) is 1. The van der Waals surface area contributed by atoms with Crippen molar-refractivity contribution in [2.75, 3.05) is 7.11 Å². The Hall–Kier alpha value is -1.83. The lowest BCUT2D eigenvalue weighted by molar-refractivity contribution is 0.411. The minimum absolute atomic E-state index is 0.102. The maximum absolute atomic E-state index is 13.9. The number of allylic oxidation sites excluding steroid dienone is 1. The summed E-state index contributed by atoms with van der Waals surface area (Å²) >= 11 is 7.53. The number of hydrogen-bond donors (Lipinski definition) is 0. The monoisotopic (exact) mass is 293 g/mol. The Labute approximate surface area is 119 Å². The van der Waals surface area contributed by atoms with Crippen LogP contribution >= 0.6 is 22.9 Å². The molecule has 0 aliphatic rings. The first kappa shape index (κ1) is 13.6. The average Bonchev–Trinajstić information content (AvgIpc) is 2.93. The largest absolute Gasteiger partial charge is 0.497 e. The first-order chi connectivity index (χ1) is 9.17. The molecule has 1 heterocycles. The minimum Gasteiger partial charge on any atom is -0.497 e. The summed E-state index contributed by atoms with van der Waals surface area (Å²) < 4.78 is 18.8. The van der Waals surface area contributed by atoms with Gasteiger partial charge in [0.15, 0.2) is 0 Å². The van der Waals surface area contributed by atoms with Gasteiger partial charge in [-0.05, 0) is 23.6 Å². The van der Waals surface area contributed by atoms with Crippen molar-refractivity contribution in [2.45, 2.75) is 0 Å². The fraction of sp³-hybridized carbons (Fsp3) is 0.0714. The van der Waals surface area contributed by atoms with Crippen molar-refractivity contribution in [2.24, 2.45) is 0 Å². The Bertz CT molecular complexity index is 659. The van der Waals surface area contributed by atoms with E-state index >= 15 is 0 Å². The van der Waals surface area contributed by atoms with E-state index in [-0.39, 0.29) is 16.2 Å². The van der Waals surface area contributed by atoms with Gasteiger partial charge in [0, 0.05) is 16.5 Å². The quantitative estimate of drug-likeness (QED) is 0.779. The van der Waals surface area contributed by atoms with E-state index in [0.717, 1.165) is 0 Å². The van der Waals surface area contributed by atoms with Crippen LogP contribution in [0.4, 0.5) is 4.39 Å². The zero-order chi connectivity index (χ0) is 13.8. The van der Waals surface area contributed by atoms with E-state index in [1.54, 1.807) is 12.1 Å². The number of halogens is 2. The third-order valence-corrected chi connectivity index (χ3v) is 3.79. The molecule has 2 aromatic rings.